The largest absolute Gasteiger partial charge is 0.324 e. The van der Waals surface area contributed by atoms with Gasteiger partial charge in [0.05, 0.1) is 17.3 Å². The van der Waals surface area contributed by atoms with Crippen LogP contribution in [0.5, 0.6) is 0 Å². The van der Waals surface area contributed by atoms with E-state index in [-0.39, 0.29) is 23.7 Å². The molecule has 0 aliphatic heterocycles. The van der Waals surface area contributed by atoms with E-state index in [2.05, 4.69) is 5.32 Å². The maximum Gasteiger partial charge on any atom is 0.246 e. The monoisotopic (exact) mass is 454 g/mol. The number of hydrogen-bond donors (Lipinski definition) is 1. The Morgan fingerprint density at radius 1 is 1.11 bits per heavy atom. The van der Waals surface area contributed by atoms with Gasteiger partial charge in [-0.3, -0.25) is 4.79 Å². The maximum atomic E-state index is 14.0. The smallest absolute Gasteiger partial charge is 0.246 e. The van der Waals surface area contributed by atoms with Crippen LogP contribution in [0.25, 0.3) is 0 Å². The Balaban J connectivity index is 2.30. The zero-order valence-electron chi connectivity index (χ0n) is 14.5. The second kappa shape index (κ2) is 9.13. The number of benzene rings is 2. The van der Waals surface area contributed by atoms with Crippen LogP contribution in [0, 0.1) is 17.5 Å². The first-order chi connectivity index (χ1) is 13.1. The van der Waals surface area contributed by atoms with Crippen LogP contribution in [0.3, 0.4) is 0 Å². The van der Waals surface area contributed by atoms with Crippen molar-refractivity contribution in [2.45, 2.75) is 18.2 Å². The lowest BCUT2D eigenvalue weighted by Crippen LogP contribution is -2.39. The number of amides is 1. The van der Waals surface area contributed by atoms with Gasteiger partial charge in [-0.1, -0.05) is 30.1 Å². The third kappa shape index (κ3) is 4.96. The highest BCUT2D eigenvalue weighted by atomic mass is 35.5. The van der Waals surface area contributed by atoms with Crippen molar-refractivity contribution < 1.29 is 26.4 Å². The molecule has 0 unspecified atom stereocenters. The molecule has 0 aliphatic rings. The average molecular weight is 455 g/mol. The Kier molecular flexibility index (Phi) is 7.33. The lowest BCUT2D eigenvalue weighted by Gasteiger charge is -2.21. The fraction of sp³-hybridized carbons (Fsp3) is 0.235. The molecule has 0 aromatic heterocycles. The summed E-state index contributed by atoms with van der Waals surface area (Å²) in [7, 11) is -4.61. The summed E-state index contributed by atoms with van der Waals surface area (Å²) >= 11 is 11.8. The van der Waals surface area contributed by atoms with Gasteiger partial charge in [-0.05, 0) is 36.8 Å². The Morgan fingerprint density at radius 3 is 2.43 bits per heavy atom. The highest BCUT2D eigenvalue weighted by molar-refractivity contribution is 7.89. The number of anilines is 1. The van der Waals surface area contributed by atoms with E-state index in [0.29, 0.717) is 21.5 Å². The van der Waals surface area contributed by atoms with Gasteiger partial charge in [-0.2, -0.15) is 4.31 Å². The topological polar surface area (TPSA) is 66.5 Å². The van der Waals surface area contributed by atoms with Crippen molar-refractivity contribution in [2.75, 3.05) is 18.4 Å². The maximum absolute atomic E-state index is 14.0. The fourth-order valence-corrected chi connectivity index (χ4v) is 4.20. The van der Waals surface area contributed by atoms with E-state index >= 15 is 0 Å². The van der Waals surface area contributed by atoms with Crippen molar-refractivity contribution in [2.24, 2.45) is 0 Å². The normalized spacial score (nSPS) is 11.7. The van der Waals surface area contributed by atoms with E-state index in [1.54, 1.807) is 6.92 Å². The Labute approximate surface area is 170 Å². The fourth-order valence-electron chi connectivity index (χ4n) is 2.32. The van der Waals surface area contributed by atoms with Crippen molar-refractivity contribution in [3.63, 3.8) is 0 Å². The van der Waals surface area contributed by atoms with Crippen molar-refractivity contribution >= 4 is 44.8 Å². The third-order valence-electron chi connectivity index (χ3n) is 3.61. The number of nitrogens with one attached hydrogen (secondary N) is 1. The minimum absolute atomic E-state index is 0.155. The van der Waals surface area contributed by atoms with E-state index in [9.17, 15) is 26.4 Å². The molecule has 0 atom stereocenters. The summed E-state index contributed by atoms with van der Waals surface area (Å²) in [5.41, 5.74) is 0.159. The molecule has 0 heterocycles. The molecule has 0 radical (unpaired) electrons. The second-order valence-electron chi connectivity index (χ2n) is 5.68. The molecule has 0 saturated carbocycles. The summed E-state index contributed by atoms with van der Waals surface area (Å²) in [6.45, 7) is 0.783. The Morgan fingerprint density at radius 2 is 1.79 bits per heavy atom. The molecular weight excluding hydrogens is 440 g/mol. The van der Waals surface area contributed by atoms with E-state index in [0.717, 1.165) is 0 Å². The van der Waals surface area contributed by atoms with Crippen LogP contribution in [-0.4, -0.2) is 31.7 Å². The minimum Gasteiger partial charge on any atom is -0.324 e. The van der Waals surface area contributed by atoms with Gasteiger partial charge >= 0.3 is 0 Å². The summed E-state index contributed by atoms with van der Waals surface area (Å²) in [5.74, 6) is -6.05. The molecule has 0 fully saturated rings. The first-order valence-corrected chi connectivity index (χ1v) is 10.2. The Bertz CT molecular complexity index is 1000. The molecule has 5 nitrogen and oxygen atoms in total. The number of sulfonamides is 1. The molecule has 11 heteroatoms. The predicted molar refractivity (Wildman–Crippen MR) is 100 cm³/mol. The van der Waals surface area contributed by atoms with Crippen molar-refractivity contribution in [3.05, 3.63) is 57.8 Å². The predicted octanol–water partition coefficient (Wildman–Crippen LogP) is 4.45. The van der Waals surface area contributed by atoms with Crippen LogP contribution in [-0.2, 0) is 14.8 Å². The van der Waals surface area contributed by atoms with Crippen LogP contribution in [0.1, 0.15) is 13.3 Å². The zero-order valence-corrected chi connectivity index (χ0v) is 16.8. The molecule has 152 valence electrons. The number of halogens is 5. The molecule has 1 N–H and O–H groups in total. The lowest BCUT2D eigenvalue weighted by atomic mass is 10.3. The highest BCUT2D eigenvalue weighted by Gasteiger charge is 2.31. The molecule has 0 bridgehead atoms. The molecule has 0 saturated heterocycles. The first-order valence-electron chi connectivity index (χ1n) is 7.96. The van der Waals surface area contributed by atoms with Crippen LogP contribution in [0.2, 0.25) is 10.0 Å². The molecular formula is C17H15Cl2F3N2O3S. The first kappa shape index (κ1) is 22.5. The number of carbonyl (C=O) groups excluding carboxylic acids is 1. The average Bonchev–Trinajstić information content (AvgIpc) is 2.62. The third-order valence-corrected chi connectivity index (χ3v) is 6.04. The highest BCUT2D eigenvalue weighted by Crippen LogP contribution is 2.26. The molecule has 0 spiro atoms. The van der Waals surface area contributed by atoms with E-state index in [1.807, 2.05) is 0 Å². The molecule has 2 aromatic carbocycles. The molecule has 28 heavy (non-hydrogen) atoms. The van der Waals surface area contributed by atoms with Crippen LogP contribution >= 0.6 is 23.2 Å². The SMILES string of the molecule is CCCN(CC(=O)Nc1cc(Cl)ccc1Cl)S(=O)(=O)c1ccc(F)c(F)c1F. The summed E-state index contributed by atoms with van der Waals surface area (Å²) in [6, 6.07) is 5.42. The van der Waals surface area contributed by atoms with Crippen LogP contribution < -0.4 is 5.32 Å². The van der Waals surface area contributed by atoms with Gasteiger partial charge in [0, 0.05) is 11.6 Å². The quantitative estimate of drug-likeness (QED) is 0.628. The van der Waals surface area contributed by atoms with E-state index in [4.69, 9.17) is 23.2 Å². The summed E-state index contributed by atoms with van der Waals surface area (Å²) in [4.78, 5) is 11.2. The van der Waals surface area contributed by atoms with Crippen molar-refractivity contribution in [1.29, 1.82) is 0 Å². The van der Waals surface area contributed by atoms with Gasteiger partial charge in [0.2, 0.25) is 15.9 Å². The standard InChI is InChI=1S/C17H15Cl2F3N2O3S/c1-2-7-24(9-15(25)23-13-8-10(18)3-4-11(13)19)28(26,27)14-6-5-12(20)16(21)17(14)22/h3-6,8H,2,7,9H2,1H3,(H,23,25). The second-order valence-corrected chi connectivity index (χ2v) is 8.43. The molecule has 2 rings (SSSR count). The van der Waals surface area contributed by atoms with Crippen molar-refractivity contribution in [3.8, 4) is 0 Å². The number of rotatable bonds is 7. The number of hydrogen-bond acceptors (Lipinski definition) is 3. The van der Waals surface area contributed by atoms with E-state index in [1.165, 1.54) is 18.2 Å². The van der Waals surface area contributed by atoms with Gasteiger partial charge in [0.1, 0.15) is 4.90 Å². The molecule has 0 aliphatic carbocycles. The zero-order chi connectivity index (χ0) is 21.1. The van der Waals surface area contributed by atoms with Gasteiger partial charge in [-0.15, -0.1) is 0 Å². The van der Waals surface area contributed by atoms with Gasteiger partial charge in [0.15, 0.2) is 17.5 Å². The molecule has 1 amide bonds. The summed E-state index contributed by atoms with van der Waals surface area (Å²) in [6.07, 6.45) is 0.287. The lowest BCUT2D eigenvalue weighted by molar-refractivity contribution is -0.116. The van der Waals surface area contributed by atoms with Gasteiger partial charge in [0.25, 0.3) is 0 Å². The molecule has 2 aromatic rings. The minimum atomic E-state index is -4.61. The number of carbonyl (C=O) groups is 1. The number of nitrogens with zero attached hydrogens (tertiary/aromatic N) is 1. The van der Waals surface area contributed by atoms with Gasteiger partial charge in [-0.25, -0.2) is 21.6 Å². The summed E-state index contributed by atoms with van der Waals surface area (Å²) in [5, 5.41) is 2.88. The van der Waals surface area contributed by atoms with E-state index < -0.39 is 44.8 Å². The Hall–Kier alpha value is -1.81. The summed E-state index contributed by atoms with van der Waals surface area (Å²) < 4.78 is 66.6. The van der Waals surface area contributed by atoms with Crippen LogP contribution in [0.15, 0.2) is 35.2 Å². The van der Waals surface area contributed by atoms with Gasteiger partial charge < -0.3 is 5.32 Å². The van der Waals surface area contributed by atoms with Crippen molar-refractivity contribution in [1.82, 2.24) is 4.31 Å². The van der Waals surface area contributed by atoms with Crippen LogP contribution in [0.4, 0.5) is 18.9 Å².